The number of ether oxygens (including phenoxy) is 1. The van der Waals surface area contributed by atoms with Gasteiger partial charge in [-0.3, -0.25) is 4.79 Å². The summed E-state index contributed by atoms with van der Waals surface area (Å²) in [6.45, 7) is 2.15. The highest BCUT2D eigenvalue weighted by atomic mass is 16.6. The highest BCUT2D eigenvalue weighted by Gasteiger charge is 2.36. The molecule has 0 aliphatic carbocycles. The average molecular weight is 294 g/mol. The molecule has 2 atom stereocenters. The molecule has 0 unspecified atom stereocenters. The molecule has 1 fully saturated rings. The maximum absolute atomic E-state index is 10.4. The highest BCUT2D eigenvalue weighted by Crippen LogP contribution is 2.30. The van der Waals surface area contributed by atoms with Gasteiger partial charge in [0.15, 0.2) is 0 Å². The SMILES string of the molecule is CC/C=C\C/C=C\C[C@H]1O[C@@H]1CCCCCCCC(=O)O. The second kappa shape index (κ2) is 11.6. The van der Waals surface area contributed by atoms with Crippen LogP contribution in [0, 0.1) is 0 Å². The fourth-order valence-corrected chi connectivity index (χ4v) is 2.46. The Bertz CT molecular complexity index is 333. The van der Waals surface area contributed by atoms with Crippen molar-refractivity contribution in [3.05, 3.63) is 24.3 Å². The Kier molecular flexibility index (Phi) is 9.88. The normalized spacial score (nSPS) is 21.4. The molecule has 0 aromatic heterocycles. The number of carbonyl (C=O) groups is 1. The third-order valence-corrected chi connectivity index (χ3v) is 3.78. The molecule has 0 bridgehead atoms. The van der Waals surface area contributed by atoms with Crippen molar-refractivity contribution in [3.8, 4) is 0 Å². The lowest BCUT2D eigenvalue weighted by atomic mass is 10.1. The summed E-state index contributed by atoms with van der Waals surface area (Å²) in [5.41, 5.74) is 0. The summed E-state index contributed by atoms with van der Waals surface area (Å²) in [6.07, 6.45) is 19.8. The number of aliphatic carboxylic acids is 1. The van der Waals surface area contributed by atoms with E-state index >= 15 is 0 Å². The third kappa shape index (κ3) is 10.3. The second-order valence-corrected chi connectivity index (χ2v) is 5.74. The predicted molar refractivity (Wildman–Crippen MR) is 86.4 cm³/mol. The summed E-state index contributed by atoms with van der Waals surface area (Å²) < 4.78 is 5.66. The minimum atomic E-state index is -0.678. The van der Waals surface area contributed by atoms with Crippen LogP contribution in [0.5, 0.6) is 0 Å². The minimum absolute atomic E-state index is 0.313. The number of unbranched alkanes of at least 4 members (excludes halogenated alkanes) is 4. The van der Waals surface area contributed by atoms with Gasteiger partial charge in [0.25, 0.3) is 0 Å². The smallest absolute Gasteiger partial charge is 0.303 e. The third-order valence-electron chi connectivity index (χ3n) is 3.78. The molecule has 120 valence electrons. The van der Waals surface area contributed by atoms with Crippen molar-refractivity contribution in [2.45, 2.75) is 83.3 Å². The zero-order valence-electron chi connectivity index (χ0n) is 13.3. The molecule has 1 aliphatic heterocycles. The van der Waals surface area contributed by atoms with Crippen molar-refractivity contribution in [1.29, 1.82) is 0 Å². The number of epoxide rings is 1. The molecule has 0 aromatic rings. The topological polar surface area (TPSA) is 49.8 Å². The summed E-state index contributed by atoms with van der Waals surface area (Å²) in [5, 5.41) is 8.53. The van der Waals surface area contributed by atoms with E-state index in [0.717, 1.165) is 44.9 Å². The van der Waals surface area contributed by atoms with E-state index in [9.17, 15) is 4.79 Å². The van der Waals surface area contributed by atoms with Gasteiger partial charge in [-0.25, -0.2) is 0 Å². The summed E-state index contributed by atoms with van der Waals surface area (Å²) in [7, 11) is 0. The summed E-state index contributed by atoms with van der Waals surface area (Å²) in [5.74, 6) is -0.678. The standard InChI is InChI=1S/C18H30O3/c1-2-3-4-5-7-10-13-16-17(21-16)14-11-8-6-9-12-15-18(19)20/h3-4,7,10,16-17H,2,5-6,8-9,11-15H2,1H3,(H,19,20)/b4-3-,10-7-/t16-,17-/m1/s1. The Hall–Kier alpha value is -1.09. The maximum Gasteiger partial charge on any atom is 0.303 e. The van der Waals surface area contributed by atoms with Crippen LogP contribution in [-0.2, 0) is 9.53 Å². The molecule has 3 heteroatoms. The van der Waals surface area contributed by atoms with Gasteiger partial charge in [0.1, 0.15) is 0 Å². The zero-order chi connectivity index (χ0) is 15.3. The minimum Gasteiger partial charge on any atom is -0.481 e. The first-order valence-corrected chi connectivity index (χ1v) is 8.41. The molecule has 1 heterocycles. The largest absolute Gasteiger partial charge is 0.481 e. The van der Waals surface area contributed by atoms with Crippen LogP contribution in [0.2, 0.25) is 0 Å². The van der Waals surface area contributed by atoms with E-state index in [1.54, 1.807) is 0 Å². The number of rotatable bonds is 13. The van der Waals surface area contributed by atoms with Crippen LogP contribution in [0.3, 0.4) is 0 Å². The van der Waals surface area contributed by atoms with Crippen molar-refractivity contribution in [2.75, 3.05) is 0 Å². The summed E-state index contributed by atoms with van der Waals surface area (Å²) in [4.78, 5) is 10.4. The maximum atomic E-state index is 10.4. The van der Waals surface area contributed by atoms with Gasteiger partial charge in [-0.15, -0.1) is 0 Å². The summed E-state index contributed by atoms with van der Waals surface area (Å²) in [6, 6.07) is 0. The van der Waals surface area contributed by atoms with Crippen molar-refractivity contribution >= 4 is 5.97 Å². The fourth-order valence-electron chi connectivity index (χ4n) is 2.46. The van der Waals surface area contributed by atoms with Crippen LogP contribution in [0.15, 0.2) is 24.3 Å². The van der Waals surface area contributed by atoms with Crippen molar-refractivity contribution in [2.24, 2.45) is 0 Å². The number of hydrogen-bond acceptors (Lipinski definition) is 2. The quantitative estimate of drug-likeness (QED) is 0.299. The van der Waals surface area contributed by atoms with Gasteiger partial charge in [-0.1, -0.05) is 56.9 Å². The molecule has 0 saturated carbocycles. The van der Waals surface area contributed by atoms with Gasteiger partial charge in [0, 0.05) is 6.42 Å². The molecule has 0 amide bonds. The van der Waals surface area contributed by atoms with Gasteiger partial charge >= 0.3 is 5.97 Å². The molecule has 0 aromatic carbocycles. The van der Waals surface area contributed by atoms with Gasteiger partial charge < -0.3 is 9.84 Å². The lowest BCUT2D eigenvalue weighted by Crippen LogP contribution is -1.94. The van der Waals surface area contributed by atoms with E-state index in [1.165, 1.54) is 12.8 Å². The molecule has 1 rings (SSSR count). The highest BCUT2D eigenvalue weighted by molar-refractivity contribution is 5.66. The first-order valence-electron chi connectivity index (χ1n) is 8.41. The van der Waals surface area contributed by atoms with Crippen LogP contribution in [0.4, 0.5) is 0 Å². The van der Waals surface area contributed by atoms with Gasteiger partial charge in [-0.05, 0) is 32.1 Å². The average Bonchev–Trinajstić information content (AvgIpc) is 3.20. The lowest BCUT2D eigenvalue weighted by Gasteiger charge is -1.99. The van der Waals surface area contributed by atoms with E-state index in [4.69, 9.17) is 9.84 Å². The zero-order valence-corrected chi connectivity index (χ0v) is 13.3. The number of hydrogen-bond donors (Lipinski definition) is 1. The van der Waals surface area contributed by atoms with Crippen LogP contribution in [0.1, 0.15) is 71.1 Å². The van der Waals surface area contributed by atoms with E-state index in [-0.39, 0.29) is 0 Å². The van der Waals surface area contributed by atoms with Crippen LogP contribution in [-0.4, -0.2) is 23.3 Å². The molecular weight excluding hydrogens is 264 g/mol. The Morgan fingerprint density at radius 3 is 2.48 bits per heavy atom. The molecule has 1 saturated heterocycles. The molecule has 1 aliphatic rings. The molecule has 0 spiro atoms. The first-order chi connectivity index (χ1) is 10.2. The van der Waals surface area contributed by atoms with Crippen molar-refractivity contribution < 1.29 is 14.6 Å². The van der Waals surface area contributed by atoms with E-state index in [1.807, 2.05) is 0 Å². The van der Waals surface area contributed by atoms with Crippen LogP contribution in [0.25, 0.3) is 0 Å². The lowest BCUT2D eigenvalue weighted by molar-refractivity contribution is -0.137. The Labute approximate surface area is 129 Å². The van der Waals surface area contributed by atoms with Crippen LogP contribution < -0.4 is 0 Å². The predicted octanol–water partition coefficient (Wildman–Crippen LogP) is 4.87. The van der Waals surface area contributed by atoms with E-state index in [2.05, 4.69) is 31.2 Å². The molecule has 3 nitrogen and oxygen atoms in total. The molecular formula is C18H30O3. The van der Waals surface area contributed by atoms with E-state index in [0.29, 0.717) is 18.6 Å². The second-order valence-electron chi connectivity index (χ2n) is 5.74. The monoisotopic (exact) mass is 294 g/mol. The Morgan fingerprint density at radius 2 is 1.71 bits per heavy atom. The van der Waals surface area contributed by atoms with Gasteiger partial charge in [-0.2, -0.15) is 0 Å². The number of carboxylic acids is 1. The van der Waals surface area contributed by atoms with Crippen molar-refractivity contribution in [3.63, 3.8) is 0 Å². The van der Waals surface area contributed by atoms with Gasteiger partial charge in [0.2, 0.25) is 0 Å². The van der Waals surface area contributed by atoms with Crippen LogP contribution >= 0.6 is 0 Å². The van der Waals surface area contributed by atoms with Gasteiger partial charge in [0.05, 0.1) is 12.2 Å². The number of carboxylic acid groups (broad SMARTS) is 1. The Balaban J connectivity index is 1.86. The summed E-state index contributed by atoms with van der Waals surface area (Å²) >= 11 is 0. The Morgan fingerprint density at radius 1 is 1.00 bits per heavy atom. The van der Waals surface area contributed by atoms with Crippen molar-refractivity contribution in [1.82, 2.24) is 0 Å². The molecule has 0 radical (unpaired) electrons. The first kappa shape index (κ1) is 18.0. The molecule has 1 N–H and O–H groups in total. The molecule has 21 heavy (non-hydrogen) atoms. The number of allylic oxidation sites excluding steroid dienone is 3. The van der Waals surface area contributed by atoms with E-state index < -0.39 is 5.97 Å². The fraction of sp³-hybridized carbons (Fsp3) is 0.722.